The molecular weight excluding hydrogens is 411 g/mol. The zero-order valence-electron chi connectivity index (χ0n) is 14.9. The fraction of sp³-hybridized carbons (Fsp3) is 0. The van der Waals surface area contributed by atoms with Crippen molar-refractivity contribution >= 4 is 37.7 Å². The van der Waals surface area contributed by atoms with Gasteiger partial charge in [0.2, 0.25) is 0 Å². The van der Waals surface area contributed by atoms with Crippen LogP contribution in [0.15, 0.2) is 54.6 Å². The summed E-state index contributed by atoms with van der Waals surface area (Å²) >= 11 is 0. The maximum Gasteiger partial charge on any atom is 0.467 e. The largest absolute Gasteiger partial charge is 0.467 e. The van der Waals surface area contributed by atoms with E-state index in [1.54, 1.807) is 0 Å². The van der Waals surface area contributed by atoms with E-state index in [1.165, 1.54) is 0 Å². The van der Waals surface area contributed by atoms with E-state index in [0.29, 0.717) is 18.2 Å². The minimum atomic E-state index is -1.48. The lowest BCUT2D eigenvalue weighted by Gasteiger charge is -2.31. The molecule has 1 aliphatic heterocycles. The van der Waals surface area contributed by atoms with E-state index in [-0.39, 0.29) is 16.4 Å². The van der Waals surface area contributed by atoms with E-state index < -0.39 is 56.3 Å². The molecule has 0 bridgehead atoms. The summed E-state index contributed by atoms with van der Waals surface area (Å²) < 4.78 is 98.4. The standard InChI is InChI=1S/C18H9B3F6O3/c22-13-1-10(2-14(23)7-13)19-28-20(11-3-15(24)8-16(25)4-11)30-21(29-19)12-5-17(26)9-18(27)6-12/h1-9H. The number of hydrogen-bond donors (Lipinski definition) is 0. The Kier molecular flexibility index (Phi) is 5.63. The molecule has 12 heteroatoms. The quantitative estimate of drug-likeness (QED) is 0.480. The average Bonchev–Trinajstić information content (AvgIpc) is 2.65. The molecule has 0 spiro atoms. The molecule has 1 aliphatic rings. The average molecular weight is 420 g/mol. The van der Waals surface area contributed by atoms with Crippen molar-refractivity contribution in [3.8, 4) is 0 Å². The summed E-state index contributed by atoms with van der Waals surface area (Å²) in [7, 11) is -4.43. The normalized spacial score (nSPS) is 14.4. The molecule has 3 aromatic rings. The molecule has 30 heavy (non-hydrogen) atoms. The Morgan fingerprint density at radius 1 is 0.367 bits per heavy atom. The minimum absolute atomic E-state index is 0.112. The third kappa shape index (κ3) is 4.56. The van der Waals surface area contributed by atoms with Gasteiger partial charge in [0, 0.05) is 18.2 Å². The van der Waals surface area contributed by atoms with Crippen LogP contribution in [0, 0.1) is 34.9 Å². The van der Waals surface area contributed by atoms with Gasteiger partial charge < -0.3 is 13.7 Å². The van der Waals surface area contributed by atoms with E-state index in [0.717, 1.165) is 36.4 Å². The number of benzene rings is 3. The Hall–Kier alpha value is -2.69. The summed E-state index contributed by atoms with van der Waals surface area (Å²) in [6.45, 7) is 0. The minimum Gasteiger partial charge on any atom is -0.445 e. The molecule has 0 unspecified atom stereocenters. The summed E-state index contributed by atoms with van der Waals surface area (Å²) in [5, 5.41) is 0. The van der Waals surface area contributed by atoms with Gasteiger partial charge in [-0.1, -0.05) is 0 Å². The summed E-state index contributed by atoms with van der Waals surface area (Å²) in [5.41, 5.74) is -0.335. The van der Waals surface area contributed by atoms with Crippen LogP contribution in [-0.4, -0.2) is 21.4 Å². The molecule has 1 saturated heterocycles. The maximum absolute atomic E-state index is 13.7. The van der Waals surface area contributed by atoms with Crippen LogP contribution in [0.1, 0.15) is 0 Å². The SMILES string of the molecule is Fc1cc(F)cc(B2OB(c3cc(F)cc(F)c3)OB(c3cc(F)cc(F)c3)O2)c1. The first-order valence-corrected chi connectivity index (χ1v) is 8.61. The van der Waals surface area contributed by atoms with Crippen LogP contribution in [-0.2, 0) is 13.7 Å². The van der Waals surface area contributed by atoms with Crippen LogP contribution < -0.4 is 16.4 Å². The lowest BCUT2D eigenvalue weighted by Crippen LogP contribution is -2.61. The highest BCUT2D eigenvalue weighted by Crippen LogP contribution is 2.14. The number of hydrogen-bond acceptors (Lipinski definition) is 3. The van der Waals surface area contributed by atoms with Crippen LogP contribution in [0.2, 0.25) is 0 Å². The van der Waals surface area contributed by atoms with Gasteiger partial charge in [0.25, 0.3) is 0 Å². The second-order valence-electron chi connectivity index (χ2n) is 6.51. The molecule has 1 fully saturated rings. The first kappa shape index (κ1) is 20.6. The zero-order chi connectivity index (χ0) is 21.4. The zero-order valence-corrected chi connectivity index (χ0v) is 14.9. The molecule has 0 N–H and O–H groups in total. The van der Waals surface area contributed by atoms with Crippen molar-refractivity contribution in [2.75, 3.05) is 0 Å². The highest BCUT2D eigenvalue weighted by molar-refractivity contribution is 6.87. The van der Waals surface area contributed by atoms with Gasteiger partial charge in [0.15, 0.2) is 0 Å². The summed E-state index contributed by atoms with van der Waals surface area (Å²) in [6, 6.07) is 7.41. The van der Waals surface area contributed by atoms with Crippen molar-refractivity contribution in [3.05, 3.63) is 89.5 Å². The van der Waals surface area contributed by atoms with E-state index in [2.05, 4.69) is 0 Å². The Bertz CT molecular complexity index is 899. The van der Waals surface area contributed by atoms with Crippen molar-refractivity contribution in [3.63, 3.8) is 0 Å². The third-order valence-corrected chi connectivity index (χ3v) is 4.21. The van der Waals surface area contributed by atoms with Crippen molar-refractivity contribution in [2.24, 2.45) is 0 Å². The van der Waals surface area contributed by atoms with E-state index in [4.69, 9.17) is 13.7 Å². The van der Waals surface area contributed by atoms with Gasteiger partial charge >= 0.3 is 21.4 Å². The van der Waals surface area contributed by atoms with Gasteiger partial charge in [-0.05, 0) is 52.8 Å². The van der Waals surface area contributed by atoms with Gasteiger partial charge in [-0.2, -0.15) is 0 Å². The van der Waals surface area contributed by atoms with Crippen LogP contribution in [0.3, 0.4) is 0 Å². The summed E-state index contributed by atoms with van der Waals surface area (Å²) in [4.78, 5) is 0. The molecule has 0 atom stereocenters. The smallest absolute Gasteiger partial charge is 0.445 e. The van der Waals surface area contributed by atoms with Crippen LogP contribution >= 0.6 is 0 Å². The summed E-state index contributed by atoms with van der Waals surface area (Å²) in [6.07, 6.45) is 0. The van der Waals surface area contributed by atoms with Gasteiger partial charge in [0.05, 0.1) is 0 Å². The fourth-order valence-corrected chi connectivity index (χ4v) is 3.04. The highest BCUT2D eigenvalue weighted by Gasteiger charge is 2.44. The Balaban J connectivity index is 1.75. The van der Waals surface area contributed by atoms with Crippen LogP contribution in [0.4, 0.5) is 26.3 Å². The molecule has 1 heterocycles. The Labute approximate surface area is 168 Å². The second kappa shape index (κ2) is 8.21. The van der Waals surface area contributed by atoms with Gasteiger partial charge in [0.1, 0.15) is 34.9 Å². The van der Waals surface area contributed by atoms with Gasteiger partial charge in [-0.15, -0.1) is 0 Å². The number of halogens is 6. The predicted octanol–water partition coefficient (Wildman–Crippen LogP) is 2.07. The van der Waals surface area contributed by atoms with E-state index in [9.17, 15) is 26.3 Å². The number of rotatable bonds is 3. The van der Waals surface area contributed by atoms with Crippen LogP contribution in [0.25, 0.3) is 0 Å². The Morgan fingerprint density at radius 3 is 0.767 bits per heavy atom. The molecule has 3 nitrogen and oxygen atoms in total. The molecule has 4 rings (SSSR count). The molecule has 0 radical (unpaired) electrons. The molecule has 3 aromatic carbocycles. The molecule has 150 valence electrons. The van der Waals surface area contributed by atoms with Gasteiger partial charge in [-0.25, -0.2) is 26.3 Å². The van der Waals surface area contributed by atoms with Gasteiger partial charge in [-0.3, -0.25) is 0 Å². The first-order valence-electron chi connectivity index (χ1n) is 8.61. The van der Waals surface area contributed by atoms with E-state index >= 15 is 0 Å². The molecule has 0 saturated carbocycles. The molecule has 0 amide bonds. The van der Waals surface area contributed by atoms with Crippen molar-refractivity contribution < 1.29 is 40.1 Å². The fourth-order valence-electron chi connectivity index (χ4n) is 3.04. The summed E-state index contributed by atoms with van der Waals surface area (Å²) in [5.74, 6) is -5.55. The molecular formula is C18H9B3F6O3. The van der Waals surface area contributed by atoms with Crippen LogP contribution in [0.5, 0.6) is 0 Å². The van der Waals surface area contributed by atoms with E-state index in [1.807, 2.05) is 0 Å². The maximum atomic E-state index is 13.7. The van der Waals surface area contributed by atoms with Crippen molar-refractivity contribution in [1.82, 2.24) is 0 Å². The lowest BCUT2D eigenvalue weighted by atomic mass is 9.61. The first-order chi connectivity index (χ1) is 14.3. The second-order valence-corrected chi connectivity index (χ2v) is 6.51. The van der Waals surface area contributed by atoms with Crippen molar-refractivity contribution in [1.29, 1.82) is 0 Å². The monoisotopic (exact) mass is 420 g/mol. The topological polar surface area (TPSA) is 27.7 Å². The molecule has 0 aromatic heterocycles. The lowest BCUT2D eigenvalue weighted by molar-refractivity contribution is 0.308. The highest BCUT2D eigenvalue weighted by atomic mass is 19.2. The Morgan fingerprint density at radius 2 is 0.567 bits per heavy atom. The molecule has 0 aliphatic carbocycles. The predicted molar refractivity (Wildman–Crippen MR) is 98.5 cm³/mol. The van der Waals surface area contributed by atoms with Crippen molar-refractivity contribution in [2.45, 2.75) is 0 Å². The third-order valence-electron chi connectivity index (χ3n) is 4.21.